The van der Waals surface area contributed by atoms with Crippen LogP contribution in [0, 0.1) is 24.4 Å². The highest BCUT2D eigenvalue weighted by Crippen LogP contribution is 2.35. The number of halogens is 3. The molecule has 0 atom stereocenters. The SMILES string of the molecule is Cc1ccc(N(C)c2ccc(F)cc2)cc1.[2H]C(C)(C)c1ccc(N(C)c2ccc(F)cc2)cc1.[2H]C1(c2ccc(N(C)c3ccc(F)cc3)cc2)CCCC1. The van der Waals surface area contributed by atoms with E-state index in [1.54, 1.807) is 36.4 Å². The van der Waals surface area contributed by atoms with Crippen molar-refractivity contribution in [3.8, 4) is 0 Å². The van der Waals surface area contributed by atoms with Gasteiger partial charge in [-0.3, -0.25) is 0 Å². The molecule has 0 aliphatic heterocycles. The van der Waals surface area contributed by atoms with Crippen LogP contribution in [0.3, 0.4) is 0 Å². The highest BCUT2D eigenvalue weighted by Gasteiger charge is 2.17. The Balaban J connectivity index is 0.000000162. The van der Waals surface area contributed by atoms with E-state index in [2.05, 4.69) is 43.3 Å². The second-order valence-corrected chi connectivity index (χ2v) is 13.8. The Morgan fingerprint density at radius 3 is 1.07 bits per heavy atom. The van der Waals surface area contributed by atoms with E-state index in [4.69, 9.17) is 2.74 Å². The van der Waals surface area contributed by atoms with Gasteiger partial charge in [0, 0.05) is 58.0 Å². The van der Waals surface area contributed by atoms with Gasteiger partial charge < -0.3 is 14.7 Å². The third kappa shape index (κ3) is 11.0. The van der Waals surface area contributed by atoms with Crippen molar-refractivity contribution in [2.75, 3.05) is 35.8 Å². The summed E-state index contributed by atoms with van der Waals surface area (Å²) in [5.74, 6) is -1.65. The zero-order chi connectivity index (χ0) is 40.5. The van der Waals surface area contributed by atoms with Crippen LogP contribution in [0.4, 0.5) is 47.3 Å². The molecule has 0 unspecified atom stereocenters. The van der Waals surface area contributed by atoms with Crippen LogP contribution in [-0.4, -0.2) is 21.1 Å². The first-order chi connectivity index (χ1) is 26.6. The lowest BCUT2D eigenvalue weighted by Crippen LogP contribution is -2.09. The third-order valence-corrected chi connectivity index (χ3v) is 9.76. The lowest BCUT2D eigenvalue weighted by molar-refractivity contribution is 0.627. The van der Waals surface area contributed by atoms with Crippen LogP contribution in [0.25, 0.3) is 0 Å². The third-order valence-electron chi connectivity index (χ3n) is 9.76. The number of nitrogens with zero attached hydrogens (tertiary/aromatic N) is 3. The van der Waals surface area contributed by atoms with E-state index in [9.17, 15) is 13.2 Å². The van der Waals surface area contributed by atoms with Crippen LogP contribution in [-0.2, 0) is 0 Å². The summed E-state index contributed by atoms with van der Waals surface area (Å²) in [6.45, 7) is 5.79. The van der Waals surface area contributed by atoms with Crippen molar-refractivity contribution in [2.24, 2.45) is 0 Å². The Labute approximate surface area is 323 Å². The summed E-state index contributed by atoms with van der Waals surface area (Å²) in [6.07, 6.45) is 4.22. The Morgan fingerprint density at radius 1 is 0.481 bits per heavy atom. The van der Waals surface area contributed by atoms with E-state index in [0.29, 0.717) is 0 Å². The summed E-state index contributed by atoms with van der Waals surface area (Å²) >= 11 is 0. The molecule has 0 heterocycles. The molecule has 7 rings (SSSR count). The van der Waals surface area contributed by atoms with E-state index in [0.717, 1.165) is 70.9 Å². The molecule has 0 aromatic heterocycles. The molecule has 0 saturated heterocycles. The standard InChI is InChI=1S/C18H20FN.C16H18FN.C14H14FN/c1-20(18-12-8-16(19)9-13-18)17-10-6-15(7-11-17)14-4-2-3-5-14;1-12(2)13-4-8-15(9-5-13)18(3)16-10-6-14(17)7-11-16;1-11-3-7-13(8-4-11)16(2)14-9-5-12(15)6-10-14/h6-14H,2-5H2,1H3;4-12H,1-3H3;3-10H,1-2H3/i14D;12D;. The van der Waals surface area contributed by atoms with Crippen molar-refractivity contribution in [3.05, 3.63) is 180 Å². The lowest BCUT2D eigenvalue weighted by Gasteiger charge is -2.20. The van der Waals surface area contributed by atoms with E-state index in [1.165, 1.54) is 42.0 Å². The van der Waals surface area contributed by atoms with Gasteiger partial charge in [-0.25, -0.2) is 13.2 Å². The maximum absolute atomic E-state index is 13.0. The van der Waals surface area contributed by atoms with Gasteiger partial charge in [-0.05, 0) is 152 Å². The zero-order valence-corrected chi connectivity index (χ0v) is 32.2. The van der Waals surface area contributed by atoms with Gasteiger partial charge in [-0.15, -0.1) is 0 Å². The van der Waals surface area contributed by atoms with Crippen LogP contribution < -0.4 is 14.7 Å². The minimum absolute atomic E-state index is 0.207. The molecule has 6 heteroatoms. The molecule has 280 valence electrons. The molecule has 0 N–H and O–H groups in total. The number of hydrogen-bond donors (Lipinski definition) is 0. The summed E-state index contributed by atoms with van der Waals surface area (Å²) in [7, 11) is 5.88. The number of anilines is 6. The first-order valence-corrected chi connectivity index (χ1v) is 18.4. The van der Waals surface area contributed by atoms with E-state index < -0.39 is 11.8 Å². The van der Waals surface area contributed by atoms with Crippen LogP contribution in [0.5, 0.6) is 0 Å². The summed E-state index contributed by atoms with van der Waals surface area (Å²) < 4.78 is 55.2. The molecule has 3 nitrogen and oxygen atoms in total. The predicted octanol–water partition coefficient (Wildman–Crippen LogP) is 13.9. The summed E-state index contributed by atoms with van der Waals surface area (Å²) in [6, 6.07) is 43.7. The average molecular weight is 730 g/mol. The number of benzene rings is 6. The van der Waals surface area contributed by atoms with Crippen LogP contribution in [0.1, 0.15) is 70.8 Å². The molecule has 1 saturated carbocycles. The highest BCUT2D eigenvalue weighted by atomic mass is 19.1. The normalized spacial score (nSPS) is 13.6. The first kappa shape index (κ1) is 36.9. The number of hydrogen-bond acceptors (Lipinski definition) is 3. The molecule has 6 aromatic carbocycles. The monoisotopic (exact) mass is 729 g/mol. The minimum Gasteiger partial charge on any atom is -0.345 e. The maximum Gasteiger partial charge on any atom is 0.123 e. The fourth-order valence-electron chi connectivity index (χ4n) is 6.24. The topological polar surface area (TPSA) is 9.72 Å². The van der Waals surface area contributed by atoms with E-state index in [1.807, 2.05) is 86.1 Å². The van der Waals surface area contributed by atoms with Gasteiger partial charge in [0.15, 0.2) is 0 Å². The fourth-order valence-corrected chi connectivity index (χ4v) is 6.24. The molecule has 6 aromatic rings. The number of aryl methyl sites for hydroxylation is 1. The lowest BCUT2D eigenvalue weighted by atomic mass is 9.97. The molecule has 1 fully saturated rings. The molecule has 0 amide bonds. The van der Waals surface area contributed by atoms with Gasteiger partial charge in [0.05, 0.1) is 0 Å². The smallest absolute Gasteiger partial charge is 0.123 e. The van der Waals surface area contributed by atoms with Crippen molar-refractivity contribution >= 4 is 34.1 Å². The van der Waals surface area contributed by atoms with E-state index in [-0.39, 0.29) is 17.5 Å². The van der Waals surface area contributed by atoms with Crippen molar-refractivity contribution in [1.82, 2.24) is 0 Å². The quantitative estimate of drug-likeness (QED) is 0.154. The second-order valence-electron chi connectivity index (χ2n) is 13.8. The Hall–Kier alpha value is -5.49. The van der Waals surface area contributed by atoms with E-state index >= 15 is 0 Å². The van der Waals surface area contributed by atoms with Crippen molar-refractivity contribution in [1.29, 1.82) is 0 Å². The Kier molecular flexibility index (Phi) is 13.0. The van der Waals surface area contributed by atoms with Crippen molar-refractivity contribution in [2.45, 2.75) is 58.2 Å². The summed E-state index contributed by atoms with van der Waals surface area (Å²) in [5, 5.41) is 0. The maximum atomic E-state index is 13.0. The molecular formula is C48H52F3N3. The molecule has 0 radical (unpaired) electrons. The number of rotatable bonds is 8. The van der Waals surface area contributed by atoms with Crippen molar-refractivity contribution in [3.63, 3.8) is 0 Å². The Morgan fingerprint density at radius 2 is 0.759 bits per heavy atom. The second kappa shape index (κ2) is 19.0. The minimum atomic E-state index is -0.590. The predicted molar refractivity (Wildman–Crippen MR) is 223 cm³/mol. The fraction of sp³-hybridized carbons (Fsp3) is 0.250. The van der Waals surface area contributed by atoms with Gasteiger partial charge >= 0.3 is 0 Å². The van der Waals surface area contributed by atoms with Crippen LogP contribution in [0.2, 0.25) is 0 Å². The largest absolute Gasteiger partial charge is 0.345 e. The van der Waals surface area contributed by atoms with Gasteiger partial charge in [0.1, 0.15) is 17.5 Å². The average Bonchev–Trinajstić information content (AvgIpc) is 3.66. The van der Waals surface area contributed by atoms with Gasteiger partial charge in [0.25, 0.3) is 0 Å². The van der Waals surface area contributed by atoms with Crippen LogP contribution in [0.15, 0.2) is 146 Å². The molecule has 1 aliphatic rings. The zero-order valence-electron chi connectivity index (χ0n) is 34.2. The van der Waals surface area contributed by atoms with Crippen LogP contribution >= 0.6 is 0 Å². The molecule has 54 heavy (non-hydrogen) atoms. The van der Waals surface area contributed by atoms with Gasteiger partial charge in [-0.2, -0.15) is 0 Å². The molecule has 0 spiro atoms. The molecule has 1 aliphatic carbocycles. The highest BCUT2D eigenvalue weighted by molar-refractivity contribution is 5.64. The van der Waals surface area contributed by atoms with Gasteiger partial charge in [0.2, 0.25) is 0 Å². The Bertz CT molecular complexity index is 2050. The summed E-state index contributed by atoms with van der Waals surface area (Å²) in [5.41, 5.74) is 9.33. The summed E-state index contributed by atoms with van der Waals surface area (Å²) in [4.78, 5) is 6.04. The molecule has 0 bridgehead atoms. The van der Waals surface area contributed by atoms with Crippen molar-refractivity contribution < 1.29 is 15.9 Å². The van der Waals surface area contributed by atoms with Gasteiger partial charge in [-0.1, -0.05) is 68.7 Å². The first-order valence-electron chi connectivity index (χ1n) is 19.4. The molecular weight excluding hydrogens is 676 g/mol.